The Kier molecular flexibility index (Phi) is 5.62. The molecule has 0 bridgehead atoms. The number of nitrogens with zero attached hydrogens (tertiary/aromatic N) is 1. The van der Waals surface area contributed by atoms with Gasteiger partial charge >= 0.3 is 12.1 Å². The number of likely N-dealkylation sites (tertiary alicyclic amines) is 1. The Morgan fingerprint density at radius 2 is 1.96 bits per heavy atom. The molecular formula is C19H22F3NO4. The highest BCUT2D eigenvalue weighted by Gasteiger charge is 2.47. The summed E-state index contributed by atoms with van der Waals surface area (Å²) in [5.41, 5.74) is 0.503. The number of carbonyl (C=O) groups is 2. The van der Waals surface area contributed by atoms with Crippen LogP contribution in [0.5, 0.6) is 5.75 Å². The minimum atomic E-state index is -4.44. The largest absolute Gasteiger partial charge is 0.484 e. The highest BCUT2D eigenvalue weighted by Crippen LogP contribution is 2.40. The van der Waals surface area contributed by atoms with Gasteiger partial charge in [-0.25, -0.2) is 4.79 Å². The summed E-state index contributed by atoms with van der Waals surface area (Å²) < 4.78 is 41.6. The van der Waals surface area contributed by atoms with E-state index in [1.54, 1.807) is 6.07 Å². The first-order valence-corrected chi connectivity index (χ1v) is 9.07. The number of benzene rings is 1. The number of ether oxygens (including phenoxy) is 1. The number of hydrogen-bond donors (Lipinski definition) is 1. The van der Waals surface area contributed by atoms with Crippen molar-refractivity contribution in [2.45, 2.75) is 56.8 Å². The fourth-order valence-corrected chi connectivity index (χ4v) is 4.22. The van der Waals surface area contributed by atoms with E-state index < -0.39 is 24.8 Å². The molecule has 27 heavy (non-hydrogen) atoms. The molecule has 2 fully saturated rings. The Morgan fingerprint density at radius 1 is 1.22 bits per heavy atom. The molecule has 148 valence electrons. The number of fused-ring (bicyclic) bond motifs is 1. The number of carboxylic acid groups (broad SMARTS) is 1. The van der Waals surface area contributed by atoms with Crippen LogP contribution < -0.4 is 4.74 Å². The van der Waals surface area contributed by atoms with E-state index in [4.69, 9.17) is 4.74 Å². The van der Waals surface area contributed by atoms with E-state index in [0.717, 1.165) is 25.7 Å². The van der Waals surface area contributed by atoms with Crippen molar-refractivity contribution in [2.75, 3.05) is 6.61 Å². The summed E-state index contributed by atoms with van der Waals surface area (Å²) in [6.45, 7) is -1.40. The van der Waals surface area contributed by atoms with Gasteiger partial charge in [0.15, 0.2) is 6.61 Å². The molecule has 3 unspecified atom stereocenters. The van der Waals surface area contributed by atoms with Gasteiger partial charge in [-0.3, -0.25) is 4.79 Å². The standard InChI is InChI=1S/C19H22F3NO4/c20-19(21,22)11-27-14-6-3-4-12(8-14)9-17(24)23-15-7-2-1-5-13(15)10-16(23)18(25)26/h3-4,6,8,13,15-16H,1-2,5,7,9-11H2,(H,25,26). The van der Waals surface area contributed by atoms with Gasteiger partial charge in [-0.05, 0) is 42.9 Å². The van der Waals surface area contributed by atoms with Gasteiger partial charge in [-0.2, -0.15) is 13.2 Å². The number of hydrogen-bond acceptors (Lipinski definition) is 3. The Balaban J connectivity index is 1.71. The lowest BCUT2D eigenvalue weighted by atomic mass is 9.84. The fraction of sp³-hybridized carbons (Fsp3) is 0.579. The van der Waals surface area contributed by atoms with Crippen LogP contribution in [0.1, 0.15) is 37.7 Å². The van der Waals surface area contributed by atoms with E-state index in [1.165, 1.54) is 23.1 Å². The molecule has 5 nitrogen and oxygen atoms in total. The highest BCUT2D eigenvalue weighted by atomic mass is 19.4. The van der Waals surface area contributed by atoms with Crippen LogP contribution in [-0.2, 0) is 16.0 Å². The van der Waals surface area contributed by atoms with Gasteiger partial charge in [0.2, 0.25) is 5.91 Å². The number of carboxylic acids is 1. The van der Waals surface area contributed by atoms with Crippen molar-refractivity contribution in [3.05, 3.63) is 29.8 Å². The molecule has 1 aliphatic carbocycles. The maximum atomic E-state index is 12.9. The highest BCUT2D eigenvalue weighted by molar-refractivity contribution is 5.86. The molecule has 2 aliphatic rings. The van der Waals surface area contributed by atoms with E-state index in [1.807, 2.05) is 0 Å². The maximum Gasteiger partial charge on any atom is 0.422 e. The Labute approximate surface area is 155 Å². The first-order chi connectivity index (χ1) is 12.7. The van der Waals surface area contributed by atoms with Gasteiger partial charge in [0, 0.05) is 6.04 Å². The first kappa shape index (κ1) is 19.5. The lowest BCUT2D eigenvalue weighted by Crippen LogP contribution is -2.46. The molecule has 1 N–H and O–H groups in total. The van der Waals surface area contributed by atoms with Gasteiger partial charge in [0.05, 0.1) is 6.42 Å². The fourth-order valence-electron chi connectivity index (χ4n) is 4.22. The normalized spacial score (nSPS) is 25.1. The number of halogens is 3. The van der Waals surface area contributed by atoms with Gasteiger partial charge in [-0.15, -0.1) is 0 Å². The summed E-state index contributed by atoms with van der Waals surface area (Å²) in [6.07, 6.45) is -0.275. The molecule has 0 aromatic heterocycles. The van der Waals surface area contributed by atoms with Crippen molar-refractivity contribution in [1.82, 2.24) is 4.90 Å². The van der Waals surface area contributed by atoms with Crippen LogP contribution in [0, 0.1) is 5.92 Å². The van der Waals surface area contributed by atoms with E-state index in [-0.39, 0.29) is 30.0 Å². The predicted octanol–water partition coefficient (Wildman–Crippen LogP) is 3.41. The molecule has 1 aromatic rings. The van der Waals surface area contributed by atoms with Crippen molar-refractivity contribution in [3.8, 4) is 5.75 Å². The van der Waals surface area contributed by atoms with Gasteiger partial charge in [0.1, 0.15) is 11.8 Å². The number of amides is 1. The molecule has 1 saturated heterocycles. The first-order valence-electron chi connectivity index (χ1n) is 9.07. The zero-order valence-electron chi connectivity index (χ0n) is 14.7. The summed E-state index contributed by atoms with van der Waals surface area (Å²) in [5, 5.41) is 9.52. The number of alkyl halides is 3. The van der Waals surface area contributed by atoms with Crippen LogP contribution >= 0.6 is 0 Å². The molecule has 8 heteroatoms. The zero-order chi connectivity index (χ0) is 19.6. The van der Waals surface area contributed by atoms with Gasteiger partial charge in [-0.1, -0.05) is 25.0 Å². The zero-order valence-corrected chi connectivity index (χ0v) is 14.7. The van der Waals surface area contributed by atoms with E-state index in [9.17, 15) is 27.9 Å². The topological polar surface area (TPSA) is 66.8 Å². The van der Waals surface area contributed by atoms with E-state index in [2.05, 4.69) is 0 Å². The second-order valence-corrected chi connectivity index (χ2v) is 7.23. The molecule has 3 atom stereocenters. The van der Waals surface area contributed by atoms with Crippen molar-refractivity contribution >= 4 is 11.9 Å². The summed E-state index contributed by atoms with van der Waals surface area (Å²) in [5.74, 6) is -1.06. The number of rotatable bonds is 5. The van der Waals surface area contributed by atoms with Crippen LogP contribution in [0.2, 0.25) is 0 Å². The van der Waals surface area contributed by atoms with Crippen LogP contribution in [-0.4, -0.2) is 46.7 Å². The predicted molar refractivity (Wildman–Crippen MR) is 90.3 cm³/mol. The second kappa shape index (κ2) is 7.78. The Morgan fingerprint density at radius 3 is 2.67 bits per heavy atom. The quantitative estimate of drug-likeness (QED) is 0.844. The van der Waals surface area contributed by atoms with E-state index in [0.29, 0.717) is 12.0 Å². The third-order valence-corrected chi connectivity index (χ3v) is 5.32. The van der Waals surface area contributed by atoms with Crippen molar-refractivity contribution < 1.29 is 32.6 Å². The van der Waals surface area contributed by atoms with Crippen LogP contribution in [0.15, 0.2) is 24.3 Å². The van der Waals surface area contributed by atoms with Crippen LogP contribution in [0.4, 0.5) is 13.2 Å². The van der Waals surface area contributed by atoms with Gasteiger partial charge < -0.3 is 14.7 Å². The second-order valence-electron chi connectivity index (χ2n) is 7.23. The minimum absolute atomic E-state index is 0.0318. The maximum absolute atomic E-state index is 12.9. The minimum Gasteiger partial charge on any atom is -0.484 e. The summed E-state index contributed by atoms with van der Waals surface area (Å²) in [7, 11) is 0. The molecule has 3 rings (SSSR count). The summed E-state index contributed by atoms with van der Waals surface area (Å²) >= 11 is 0. The smallest absolute Gasteiger partial charge is 0.422 e. The molecule has 1 heterocycles. The lowest BCUT2D eigenvalue weighted by Gasteiger charge is -2.33. The lowest BCUT2D eigenvalue weighted by molar-refractivity contribution is -0.153. The number of carbonyl (C=O) groups excluding carboxylic acids is 1. The van der Waals surface area contributed by atoms with Crippen molar-refractivity contribution in [3.63, 3.8) is 0 Å². The molecule has 0 radical (unpaired) electrons. The molecule has 1 aliphatic heterocycles. The SMILES string of the molecule is O=C(O)C1CC2CCCCC2N1C(=O)Cc1cccc(OCC(F)(F)F)c1. The monoisotopic (exact) mass is 385 g/mol. The van der Waals surface area contributed by atoms with Crippen molar-refractivity contribution in [1.29, 1.82) is 0 Å². The third-order valence-electron chi connectivity index (χ3n) is 5.32. The van der Waals surface area contributed by atoms with Gasteiger partial charge in [0.25, 0.3) is 0 Å². The Hall–Kier alpha value is -2.25. The molecule has 1 aromatic carbocycles. The molecule has 1 saturated carbocycles. The molecular weight excluding hydrogens is 363 g/mol. The number of aliphatic carboxylic acids is 1. The molecule has 0 spiro atoms. The molecule has 1 amide bonds. The summed E-state index contributed by atoms with van der Waals surface area (Å²) in [4.78, 5) is 26.0. The third kappa shape index (κ3) is 4.73. The average molecular weight is 385 g/mol. The van der Waals surface area contributed by atoms with Crippen LogP contribution in [0.25, 0.3) is 0 Å². The van der Waals surface area contributed by atoms with Crippen molar-refractivity contribution in [2.24, 2.45) is 5.92 Å². The Bertz CT molecular complexity index is 706. The summed E-state index contributed by atoms with van der Waals surface area (Å²) in [6, 6.07) is 5.06. The van der Waals surface area contributed by atoms with E-state index >= 15 is 0 Å². The average Bonchev–Trinajstić information content (AvgIpc) is 3.00. The van der Waals surface area contributed by atoms with Crippen LogP contribution in [0.3, 0.4) is 0 Å².